The Balaban J connectivity index is 2.12. The topological polar surface area (TPSA) is 84.7 Å². The second-order valence-electron chi connectivity index (χ2n) is 5.11. The Labute approximate surface area is 124 Å². The summed E-state index contributed by atoms with van der Waals surface area (Å²) < 4.78 is 5.59. The molecule has 6 heteroatoms. The lowest BCUT2D eigenvalue weighted by molar-refractivity contribution is -0.125. The highest BCUT2D eigenvalue weighted by Gasteiger charge is 2.31. The zero-order chi connectivity index (χ0) is 15.4. The van der Waals surface area contributed by atoms with Gasteiger partial charge >= 0.3 is 0 Å². The fraction of sp³-hybridized carbons (Fsp3) is 0.467. The Kier molecular flexibility index (Phi) is 4.80. The number of nitrogens with zero attached hydrogens (tertiary/aromatic N) is 1. The van der Waals surface area contributed by atoms with Gasteiger partial charge in [0.2, 0.25) is 5.91 Å². The first-order chi connectivity index (χ1) is 10.0. The summed E-state index contributed by atoms with van der Waals surface area (Å²) in [6.07, 6.45) is -0.293. The van der Waals surface area contributed by atoms with Gasteiger partial charge in [0.15, 0.2) is 6.10 Å². The van der Waals surface area contributed by atoms with E-state index in [1.54, 1.807) is 11.8 Å². The summed E-state index contributed by atoms with van der Waals surface area (Å²) in [7, 11) is 0. The number of carbonyl (C=O) groups excluding carboxylic acids is 2. The molecule has 0 aliphatic carbocycles. The van der Waals surface area contributed by atoms with Crippen LogP contribution in [-0.2, 0) is 9.59 Å². The van der Waals surface area contributed by atoms with Gasteiger partial charge in [-0.15, -0.1) is 0 Å². The zero-order valence-electron chi connectivity index (χ0n) is 12.4. The molecule has 0 bridgehead atoms. The van der Waals surface area contributed by atoms with E-state index in [0.29, 0.717) is 25.4 Å². The number of aryl methyl sites for hydroxylation is 1. The van der Waals surface area contributed by atoms with Crippen LogP contribution in [0.2, 0.25) is 0 Å². The molecule has 2 amide bonds. The van der Waals surface area contributed by atoms with E-state index in [9.17, 15) is 9.59 Å². The summed E-state index contributed by atoms with van der Waals surface area (Å²) in [5.41, 5.74) is 7.11. The number of nitrogens with one attached hydrogen (secondary N) is 1. The van der Waals surface area contributed by atoms with Gasteiger partial charge in [0, 0.05) is 26.1 Å². The summed E-state index contributed by atoms with van der Waals surface area (Å²) in [6.45, 7) is 4.85. The van der Waals surface area contributed by atoms with Crippen LogP contribution in [0.5, 0.6) is 5.75 Å². The Morgan fingerprint density at radius 3 is 2.95 bits per heavy atom. The van der Waals surface area contributed by atoms with Crippen molar-refractivity contribution in [2.45, 2.75) is 26.4 Å². The van der Waals surface area contributed by atoms with Gasteiger partial charge in [0.1, 0.15) is 5.75 Å². The first kappa shape index (κ1) is 15.3. The maximum Gasteiger partial charge on any atom is 0.267 e. The molecule has 0 fully saturated rings. The molecule has 114 valence electrons. The number of benzene rings is 1. The molecule has 2 rings (SSSR count). The van der Waals surface area contributed by atoms with Crippen molar-refractivity contribution in [2.24, 2.45) is 5.73 Å². The highest BCUT2D eigenvalue weighted by molar-refractivity contribution is 6.00. The van der Waals surface area contributed by atoms with Gasteiger partial charge in [0.05, 0.1) is 5.69 Å². The van der Waals surface area contributed by atoms with Crippen molar-refractivity contribution in [2.75, 3.05) is 24.5 Å². The first-order valence-electron chi connectivity index (χ1n) is 7.08. The molecule has 1 aliphatic rings. The van der Waals surface area contributed by atoms with Gasteiger partial charge in [-0.3, -0.25) is 9.59 Å². The predicted molar refractivity (Wildman–Crippen MR) is 80.3 cm³/mol. The summed E-state index contributed by atoms with van der Waals surface area (Å²) in [5, 5.41) is 2.70. The molecule has 0 spiro atoms. The first-order valence-corrected chi connectivity index (χ1v) is 7.08. The lowest BCUT2D eigenvalue weighted by Gasteiger charge is -2.33. The van der Waals surface area contributed by atoms with E-state index in [2.05, 4.69) is 5.32 Å². The lowest BCUT2D eigenvalue weighted by Crippen LogP contribution is -2.46. The van der Waals surface area contributed by atoms with Crippen LogP contribution in [0.15, 0.2) is 18.2 Å². The van der Waals surface area contributed by atoms with Gasteiger partial charge < -0.3 is 20.7 Å². The number of rotatable bonds is 5. The van der Waals surface area contributed by atoms with E-state index < -0.39 is 6.10 Å². The lowest BCUT2D eigenvalue weighted by atomic mass is 10.1. The summed E-state index contributed by atoms with van der Waals surface area (Å²) in [4.78, 5) is 25.6. The summed E-state index contributed by atoms with van der Waals surface area (Å²) in [6, 6.07) is 5.69. The molecule has 1 heterocycles. The molecule has 1 aromatic carbocycles. The van der Waals surface area contributed by atoms with Crippen molar-refractivity contribution in [1.29, 1.82) is 0 Å². The molecule has 1 aliphatic heterocycles. The van der Waals surface area contributed by atoms with Gasteiger partial charge in [-0.1, -0.05) is 6.07 Å². The van der Waals surface area contributed by atoms with E-state index in [0.717, 1.165) is 11.3 Å². The molecule has 1 unspecified atom stereocenters. The van der Waals surface area contributed by atoms with Crippen LogP contribution in [-0.4, -0.2) is 37.6 Å². The van der Waals surface area contributed by atoms with Crippen molar-refractivity contribution in [3.8, 4) is 5.75 Å². The van der Waals surface area contributed by atoms with E-state index >= 15 is 0 Å². The standard InChI is InChI=1S/C15H21N3O3/c1-10-3-4-13-12(9-10)18(15(20)11(2)21-13)8-5-14(19)17-7-6-16/h3-4,9,11H,5-8,16H2,1-2H3,(H,17,19). The maximum atomic E-state index is 12.3. The summed E-state index contributed by atoms with van der Waals surface area (Å²) in [5.74, 6) is 0.441. The number of carbonyl (C=O) groups is 2. The zero-order valence-corrected chi connectivity index (χ0v) is 12.4. The number of hydrogen-bond acceptors (Lipinski definition) is 4. The highest BCUT2D eigenvalue weighted by atomic mass is 16.5. The molecule has 21 heavy (non-hydrogen) atoms. The minimum Gasteiger partial charge on any atom is -0.479 e. The van der Waals surface area contributed by atoms with Crippen LogP contribution >= 0.6 is 0 Å². The van der Waals surface area contributed by atoms with Crippen molar-refractivity contribution < 1.29 is 14.3 Å². The van der Waals surface area contributed by atoms with Crippen LogP contribution in [0, 0.1) is 6.92 Å². The van der Waals surface area contributed by atoms with Crippen LogP contribution in [0.3, 0.4) is 0 Å². The molecule has 3 N–H and O–H groups in total. The van der Waals surface area contributed by atoms with Gasteiger partial charge in [-0.25, -0.2) is 0 Å². The minimum absolute atomic E-state index is 0.110. The number of ether oxygens (including phenoxy) is 1. The van der Waals surface area contributed by atoms with E-state index in [1.165, 1.54) is 0 Å². The molecule has 1 atom stereocenters. The number of nitrogens with two attached hydrogens (primary N) is 1. The third-order valence-corrected chi connectivity index (χ3v) is 3.35. The van der Waals surface area contributed by atoms with Crippen molar-refractivity contribution >= 4 is 17.5 Å². The monoisotopic (exact) mass is 291 g/mol. The van der Waals surface area contributed by atoms with Crippen LogP contribution in [0.25, 0.3) is 0 Å². The SMILES string of the molecule is Cc1ccc2c(c1)N(CCC(=O)NCCN)C(=O)C(C)O2. The van der Waals surface area contributed by atoms with E-state index in [1.807, 2.05) is 25.1 Å². The van der Waals surface area contributed by atoms with E-state index in [4.69, 9.17) is 10.5 Å². The number of fused-ring (bicyclic) bond motifs is 1. The Morgan fingerprint density at radius 1 is 1.48 bits per heavy atom. The quantitative estimate of drug-likeness (QED) is 0.831. The molecule has 1 aromatic rings. The normalized spacial score (nSPS) is 17.2. The average molecular weight is 291 g/mol. The van der Waals surface area contributed by atoms with Crippen molar-refractivity contribution in [3.05, 3.63) is 23.8 Å². The Bertz CT molecular complexity index is 545. The molecule has 6 nitrogen and oxygen atoms in total. The van der Waals surface area contributed by atoms with Crippen LogP contribution in [0.1, 0.15) is 18.9 Å². The minimum atomic E-state index is -0.535. The summed E-state index contributed by atoms with van der Waals surface area (Å²) >= 11 is 0. The highest BCUT2D eigenvalue weighted by Crippen LogP contribution is 2.34. The van der Waals surface area contributed by atoms with Crippen molar-refractivity contribution in [1.82, 2.24) is 5.32 Å². The maximum absolute atomic E-state index is 12.3. The fourth-order valence-electron chi connectivity index (χ4n) is 2.26. The molecule has 0 aromatic heterocycles. The van der Waals surface area contributed by atoms with Gasteiger partial charge in [0.25, 0.3) is 5.91 Å². The average Bonchev–Trinajstić information content (AvgIpc) is 2.46. The van der Waals surface area contributed by atoms with Crippen molar-refractivity contribution in [3.63, 3.8) is 0 Å². The molecule has 0 saturated heterocycles. The molecule has 0 radical (unpaired) electrons. The fourth-order valence-corrected chi connectivity index (χ4v) is 2.26. The van der Waals surface area contributed by atoms with Crippen LogP contribution in [0.4, 0.5) is 5.69 Å². The second kappa shape index (κ2) is 6.58. The van der Waals surface area contributed by atoms with Gasteiger partial charge in [-0.2, -0.15) is 0 Å². The van der Waals surface area contributed by atoms with Crippen LogP contribution < -0.4 is 20.7 Å². The van der Waals surface area contributed by atoms with E-state index in [-0.39, 0.29) is 18.2 Å². The number of anilines is 1. The molecular formula is C15H21N3O3. The number of hydrogen-bond donors (Lipinski definition) is 2. The molecule has 0 saturated carbocycles. The number of amides is 2. The predicted octanol–water partition coefficient (Wildman–Crippen LogP) is 0.574. The third-order valence-electron chi connectivity index (χ3n) is 3.35. The Morgan fingerprint density at radius 2 is 2.24 bits per heavy atom. The smallest absolute Gasteiger partial charge is 0.267 e. The molecular weight excluding hydrogens is 270 g/mol. The van der Waals surface area contributed by atoms with Gasteiger partial charge in [-0.05, 0) is 31.5 Å². The Hall–Kier alpha value is -2.08. The third kappa shape index (κ3) is 3.52. The largest absolute Gasteiger partial charge is 0.479 e. The second-order valence-corrected chi connectivity index (χ2v) is 5.11.